The highest BCUT2D eigenvalue weighted by atomic mass is 16.2. The third-order valence-corrected chi connectivity index (χ3v) is 3.84. The molecule has 2 amide bonds. The summed E-state index contributed by atoms with van der Waals surface area (Å²) in [6.07, 6.45) is 3.49. The summed E-state index contributed by atoms with van der Waals surface area (Å²) in [5.41, 5.74) is 2.24. The highest BCUT2D eigenvalue weighted by Gasteiger charge is 2.04. The number of urea groups is 1. The molecule has 8 nitrogen and oxygen atoms in total. The van der Waals surface area contributed by atoms with Crippen LogP contribution in [-0.4, -0.2) is 26.0 Å². The minimum atomic E-state index is -0.299. The summed E-state index contributed by atoms with van der Waals surface area (Å²) < 4.78 is 1.64. The lowest BCUT2D eigenvalue weighted by Crippen LogP contribution is -2.19. The van der Waals surface area contributed by atoms with E-state index >= 15 is 0 Å². The minimum Gasteiger partial charge on any atom is -0.339 e. The molecule has 8 heteroatoms. The van der Waals surface area contributed by atoms with Crippen molar-refractivity contribution in [2.24, 2.45) is 0 Å². The Morgan fingerprint density at radius 2 is 1.46 bits per heavy atom. The van der Waals surface area contributed by atoms with Gasteiger partial charge in [0.05, 0.1) is 0 Å². The van der Waals surface area contributed by atoms with Gasteiger partial charge in [0, 0.05) is 29.5 Å². The average molecular weight is 371 g/mol. The summed E-state index contributed by atoms with van der Waals surface area (Å²) in [7, 11) is 0. The van der Waals surface area contributed by atoms with E-state index in [1.807, 2.05) is 60.7 Å². The normalized spacial score (nSPS) is 10.3. The van der Waals surface area contributed by atoms with Crippen molar-refractivity contribution in [3.63, 3.8) is 0 Å². The van der Waals surface area contributed by atoms with Crippen molar-refractivity contribution < 1.29 is 4.79 Å². The number of anilines is 4. The van der Waals surface area contributed by atoms with Crippen LogP contribution in [0.15, 0.2) is 85.2 Å². The molecule has 2 aromatic carbocycles. The first-order valence-corrected chi connectivity index (χ1v) is 8.60. The largest absolute Gasteiger partial charge is 0.339 e. The van der Waals surface area contributed by atoms with Crippen molar-refractivity contribution in [1.82, 2.24) is 20.0 Å². The second kappa shape index (κ2) is 8.00. The maximum absolute atomic E-state index is 12.0. The molecular formula is C20H17N7O. The van der Waals surface area contributed by atoms with Crippen molar-refractivity contribution in [2.75, 3.05) is 16.0 Å². The number of hydrogen-bond donors (Lipinski definition) is 3. The van der Waals surface area contributed by atoms with E-state index in [4.69, 9.17) is 0 Å². The fourth-order valence-corrected chi connectivity index (χ4v) is 2.52. The summed E-state index contributed by atoms with van der Waals surface area (Å²) in [5, 5.41) is 21.1. The van der Waals surface area contributed by atoms with Gasteiger partial charge < -0.3 is 16.0 Å². The van der Waals surface area contributed by atoms with Crippen LogP contribution >= 0.6 is 0 Å². The number of carbonyl (C=O) groups excluding carboxylic acids is 1. The molecule has 0 aliphatic carbocycles. The molecule has 2 aromatic heterocycles. The van der Waals surface area contributed by atoms with Crippen molar-refractivity contribution in [3.05, 3.63) is 85.2 Å². The quantitative estimate of drug-likeness (QED) is 0.492. The van der Waals surface area contributed by atoms with E-state index in [2.05, 4.69) is 31.2 Å². The first kappa shape index (κ1) is 17.2. The maximum atomic E-state index is 12.0. The van der Waals surface area contributed by atoms with E-state index in [-0.39, 0.29) is 6.03 Å². The fraction of sp³-hybridized carbons (Fsp3) is 0. The van der Waals surface area contributed by atoms with Gasteiger partial charge in [-0.3, -0.25) is 0 Å². The van der Waals surface area contributed by atoms with Crippen LogP contribution in [0.4, 0.5) is 27.7 Å². The molecule has 0 bridgehead atoms. The van der Waals surface area contributed by atoms with E-state index in [1.165, 1.54) is 0 Å². The number of amides is 2. The van der Waals surface area contributed by atoms with Crippen LogP contribution in [0, 0.1) is 0 Å². The van der Waals surface area contributed by atoms with Crippen LogP contribution in [0.1, 0.15) is 0 Å². The Morgan fingerprint density at radius 3 is 2.11 bits per heavy atom. The highest BCUT2D eigenvalue weighted by Crippen LogP contribution is 2.18. The summed E-state index contributed by atoms with van der Waals surface area (Å²) in [6, 6.07) is 21.7. The molecule has 0 saturated heterocycles. The van der Waals surface area contributed by atoms with Gasteiger partial charge in [-0.1, -0.05) is 18.2 Å². The molecule has 0 aliphatic heterocycles. The van der Waals surface area contributed by atoms with Crippen molar-refractivity contribution >= 4 is 28.9 Å². The monoisotopic (exact) mass is 371 g/mol. The summed E-state index contributed by atoms with van der Waals surface area (Å²) in [6.45, 7) is 0. The molecule has 4 aromatic rings. The predicted molar refractivity (Wildman–Crippen MR) is 108 cm³/mol. The Labute approximate surface area is 161 Å². The van der Waals surface area contributed by atoms with Gasteiger partial charge in [-0.15, -0.1) is 10.2 Å². The van der Waals surface area contributed by atoms with Crippen LogP contribution in [-0.2, 0) is 0 Å². The molecule has 138 valence electrons. The number of nitrogens with zero attached hydrogens (tertiary/aromatic N) is 4. The Bertz CT molecular complexity index is 1030. The molecule has 4 rings (SSSR count). The molecular weight excluding hydrogens is 354 g/mol. The molecule has 28 heavy (non-hydrogen) atoms. The first-order chi connectivity index (χ1) is 13.8. The second-order valence-corrected chi connectivity index (χ2v) is 5.87. The van der Waals surface area contributed by atoms with E-state index in [9.17, 15) is 4.79 Å². The Hall–Kier alpha value is -4.20. The lowest BCUT2D eigenvalue weighted by Gasteiger charge is -2.09. The molecule has 0 unspecified atom stereocenters. The van der Waals surface area contributed by atoms with Crippen molar-refractivity contribution in [2.45, 2.75) is 0 Å². The van der Waals surface area contributed by atoms with Crippen LogP contribution in [0.3, 0.4) is 0 Å². The van der Waals surface area contributed by atoms with Crippen molar-refractivity contribution in [3.8, 4) is 5.82 Å². The maximum Gasteiger partial charge on any atom is 0.323 e. The van der Waals surface area contributed by atoms with Crippen LogP contribution in [0.2, 0.25) is 0 Å². The van der Waals surface area contributed by atoms with Gasteiger partial charge in [-0.05, 0) is 54.6 Å². The standard InChI is InChI=1S/C20H17N7O/c28-20(23-15-5-2-1-3-6-15)24-17-9-7-16(8-10-17)22-18-11-12-19(26-25-18)27-14-4-13-21-27/h1-14H,(H,22,25)(H2,23,24,28). The average Bonchev–Trinajstić information content (AvgIpc) is 3.26. The third-order valence-electron chi connectivity index (χ3n) is 3.84. The van der Waals surface area contributed by atoms with Gasteiger partial charge in [-0.2, -0.15) is 5.10 Å². The Balaban J connectivity index is 1.35. The van der Waals surface area contributed by atoms with Gasteiger partial charge in [0.15, 0.2) is 11.6 Å². The summed E-state index contributed by atoms with van der Waals surface area (Å²) >= 11 is 0. The molecule has 0 spiro atoms. The van der Waals surface area contributed by atoms with E-state index in [0.717, 1.165) is 11.4 Å². The molecule has 0 radical (unpaired) electrons. The number of carbonyl (C=O) groups is 1. The molecule has 0 saturated carbocycles. The van der Waals surface area contributed by atoms with E-state index in [0.29, 0.717) is 17.3 Å². The predicted octanol–water partition coefficient (Wildman–Crippen LogP) is 4.05. The number of para-hydroxylation sites is 1. The fourth-order valence-electron chi connectivity index (χ4n) is 2.52. The zero-order valence-electron chi connectivity index (χ0n) is 14.8. The topological polar surface area (TPSA) is 96.8 Å². The molecule has 0 atom stereocenters. The first-order valence-electron chi connectivity index (χ1n) is 8.60. The van der Waals surface area contributed by atoms with E-state index < -0.39 is 0 Å². The molecule has 0 aliphatic rings. The third kappa shape index (κ3) is 4.31. The number of rotatable bonds is 5. The van der Waals surface area contributed by atoms with Crippen LogP contribution < -0.4 is 16.0 Å². The zero-order valence-corrected chi connectivity index (χ0v) is 14.8. The van der Waals surface area contributed by atoms with E-state index in [1.54, 1.807) is 29.2 Å². The Kier molecular flexibility index (Phi) is 4.92. The number of hydrogen-bond acceptors (Lipinski definition) is 5. The number of benzene rings is 2. The van der Waals surface area contributed by atoms with Crippen LogP contribution in [0.25, 0.3) is 5.82 Å². The van der Waals surface area contributed by atoms with Gasteiger partial charge in [-0.25, -0.2) is 9.48 Å². The number of aromatic nitrogens is 4. The second-order valence-electron chi connectivity index (χ2n) is 5.87. The Morgan fingerprint density at radius 1 is 0.750 bits per heavy atom. The summed E-state index contributed by atoms with van der Waals surface area (Å²) in [5.74, 6) is 1.25. The highest BCUT2D eigenvalue weighted by molar-refractivity contribution is 5.99. The van der Waals surface area contributed by atoms with Crippen LogP contribution in [0.5, 0.6) is 0 Å². The van der Waals surface area contributed by atoms with Gasteiger partial charge in [0.25, 0.3) is 0 Å². The number of nitrogens with one attached hydrogen (secondary N) is 3. The van der Waals surface area contributed by atoms with Crippen molar-refractivity contribution in [1.29, 1.82) is 0 Å². The molecule has 2 heterocycles. The SMILES string of the molecule is O=C(Nc1ccccc1)Nc1ccc(Nc2ccc(-n3cccn3)nn2)cc1. The lowest BCUT2D eigenvalue weighted by atomic mass is 10.2. The zero-order chi connectivity index (χ0) is 19.2. The van der Waals surface area contributed by atoms with Gasteiger partial charge >= 0.3 is 6.03 Å². The van der Waals surface area contributed by atoms with Gasteiger partial charge in [0.2, 0.25) is 0 Å². The van der Waals surface area contributed by atoms with Gasteiger partial charge in [0.1, 0.15) is 0 Å². The lowest BCUT2D eigenvalue weighted by molar-refractivity contribution is 0.262. The summed E-state index contributed by atoms with van der Waals surface area (Å²) in [4.78, 5) is 12.0. The molecule has 0 fully saturated rings. The molecule has 3 N–H and O–H groups in total. The minimum absolute atomic E-state index is 0.299. The smallest absolute Gasteiger partial charge is 0.323 e.